The van der Waals surface area contributed by atoms with Crippen LogP contribution in [0.3, 0.4) is 0 Å². The van der Waals surface area contributed by atoms with E-state index in [0.717, 1.165) is 22.4 Å². The van der Waals surface area contributed by atoms with E-state index in [0.29, 0.717) is 11.3 Å². The molecule has 3 aromatic rings. The molecule has 4 rings (SSSR count). The van der Waals surface area contributed by atoms with Crippen LogP contribution in [0.4, 0.5) is 15.8 Å². The minimum absolute atomic E-state index is 0.0511. The number of amides is 2. The monoisotopic (exact) mass is 442 g/mol. The highest BCUT2D eigenvalue weighted by Crippen LogP contribution is 2.35. The summed E-state index contributed by atoms with van der Waals surface area (Å²) < 4.78 is 13.6. The van der Waals surface area contributed by atoms with Crippen molar-refractivity contribution in [3.05, 3.63) is 100 Å². The molecule has 1 heterocycles. The Labute approximate surface area is 193 Å². The summed E-state index contributed by atoms with van der Waals surface area (Å²) in [6.45, 7) is 10.2. The molecular formula is C28H27FN2O2. The van der Waals surface area contributed by atoms with Gasteiger partial charge in [-0.05, 0) is 71.8 Å². The molecule has 0 unspecified atom stereocenters. The second kappa shape index (κ2) is 8.32. The first-order chi connectivity index (χ1) is 15.6. The third kappa shape index (κ3) is 4.31. The molecule has 0 bridgehead atoms. The van der Waals surface area contributed by atoms with Gasteiger partial charge in [0.05, 0.1) is 11.3 Å². The molecule has 0 saturated heterocycles. The molecule has 168 valence electrons. The van der Waals surface area contributed by atoms with E-state index >= 15 is 0 Å². The van der Waals surface area contributed by atoms with E-state index in [2.05, 4.69) is 26.1 Å². The van der Waals surface area contributed by atoms with Crippen LogP contribution in [-0.2, 0) is 15.0 Å². The van der Waals surface area contributed by atoms with Crippen molar-refractivity contribution in [2.24, 2.45) is 0 Å². The lowest BCUT2D eigenvalue weighted by Crippen LogP contribution is -2.32. The van der Waals surface area contributed by atoms with Crippen LogP contribution in [0.25, 0.3) is 5.57 Å². The maximum absolute atomic E-state index is 13.6. The van der Waals surface area contributed by atoms with Crippen molar-refractivity contribution in [3.63, 3.8) is 0 Å². The topological polar surface area (TPSA) is 49.4 Å². The van der Waals surface area contributed by atoms with Crippen molar-refractivity contribution in [3.8, 4) is 0 Å². The van der Waals surface area contributed by atoms with Crippen LogP contribution in [0.5, 0.6) is 0 Å². The first-order valence-corrected chi connectivity index (χ1v) is 10.9. The Balaban J connectivity index is 1.80. The third-order valence-electron chi connectivity index (χ3n) is 5.86. The number of hydrogen-bond acceptors (Lipinski definition) is 3. The second-order valence-electron chi connectivity index (χ2n) is 9.44. The maximum Gasteiger partial charge on any atom is 0.282 e. The summed E-state index contributed by atoms with van der Waals surface area (Å²) in [4.78, 5) is 28.3. The highest BCUT2D eigenvalue weighted by atomic mass is 19.1. The normalized spacial score (nSPS) is 14.3. The molecule has 0 atom stereocenters. The number of benzene rings is 3. The van der Waals surface area contributed by atoms with Gasteiger partial charge in [0, 0.05) is 5.69 Å². The van der Waals surface area contributed by atoms with Gasteiger partial charge >= 0.3 is 0 Å². The van der Waals surface area contributed by atoms with Crippen LogP contribution in [0.15, 0.2) is 72.4 Å². The molecule has 33 heavy (non-hydrogen) atoms. The Morgan fingerprint density at radius 3 is 2.06 bits per heavy atom. The Bertz CT molecular complexity index is 1270. The van der Waals surface area contributed by atoms with E-state index in [1.807, 2.05) is 44.2 Å². The first-order valence-electron chi connectivity index (χ1n) is 10.9. The number of nitrogens with zero attached hydrogens (tertiary/aromatic N) is 1. The average molecular weight is 443 g/mol. The molecule has 1 N–H and O–H groups in total. The molecule has 1 aliphatic rings. The molecule has 0 aliphatic carbocycles. The van der Waals surface area contributed by atoms with Gasteiger partial charge in [-0.15, -0.1) is 0 Å². The smallest absolute Gasteiger partial charge is 0.282 e. The number of nitrogens with one attached hydrogen (secondary N) is 1. The summed E-state index contributed by atoms with van der Waals surface area (Å²) in [6, 6.07) is 18.9. The predicted octanol–water partition coefficient (Wildman–Crippen LogP) is 6.14. The Hall–Kier alpha value is -3.73. The fourth-order valence-electron chi connectivity index (χ4n) is 3.88. The van der Waals surface area contributed by atoms with E-state index in [1.165, 1.54) is 29.2 Å². The van der Waals surface area contributed by atoms with Gasteiger partial charge in [-0.25, -0.2) is 9.29 Å². The van der Waals surface area contributed by atoms with Gasteiger partial charge in [-0.1, -0.05) is 57.2 Å². The number of halogens is 1. The van der Waals surface area contributed by atoms with Crippen molar-refractivity contribution >= 4 is 28.8 Å². The van der Waals surface area contributed by atoms with Crippen LogP contribution >= 0.6 is 0 Å². The summed E-state index contributed by atoms with van der Waals surface area (Å²) in [7, 11) is 0. The first kappa shape index (κ1) is 22.5. The van der Waals surface area contributed by atoms with Crippen molar-refractivity contribution in [2.45, 2.75) is 40.0 Å². The zero-order valence-electron chi connectivity index (χ0n) is 19.5. The largest absolute Gasteiger partial charge is 0.350 e. The molecule has 0 spiro atoms. The van der Waals surface area contributed by atoms with Crippen LogP contribution in [0, 0.1) is 19.7 Å². The van der Waals surface area contributed by atoms with Gasteiger partial charge < -0.3 is 5.32 Å². The van der Waals surface area contributed by atoms with Gasteiger partial charge in [-0.3, -0.25) is 9.59 Å². The van der Waals surface area contributed by atoms with E-state index in [-0.39, 0.29) is 16.7 Å². The minimum atomic E-state index is -0.442. The molecule has 0 fully saturated rings. The molecule has 3 aromatic carbocycles. The minimum Gasteiger partial charge on any atom is -0.350 e. The number of imide groups is 1. The zero-order valence-corrected chi connectivity index (χ0v) is 19.5. The Morgan fingerprint density at radius 1 is 0.818 bits per heavy atom. The summed E-state index contributed by atoms with van der Waals surface area (Å²) in [5.74, 6) is -1.29. The van der Waals surface area contributed by atoms with E-state index in [1.54, 1.807) is 12.1 Å². The highest BCUT2D eigenvalue weighted by Gasteiger charge is 2.40. The van der Waals surface area contributed by atoms with Crippen LogP contribution in [0.1, 0.15) is 43.0 Å². The van der Waals surface area contributed by atoms with E-state index in [9.17, 15) is 14.0 Å². The Kier molecular flexibility index (Phi) is 5.66. The predicted molar refractivity (Wildman–Crippen MR) is 130 cm³/mol. The maximum atomic E-state index is 13.6. The van der Waals surface area contributed by atoms with Gasteiger partial charge in [0.2, 0.25) is 0 Å². The molecule has 1 aliphatic heterocycles. The van der Waals surface area contributed by atoms with Crippen LogP contribution in [-0.4, -0.2) is 11.8 Å². The third-order valence-corrected chi connectivity index (χ3v) is 5.86. The summed E-state index contributed by atoms with van der Waals surface area (Å²) >= 11 is 0. The van der Waals surface area contributed by atoms with E-state index < -0.39 is 17.6 Å². The van der Waals surface area contributed by atoms with Crippen molar-refractivity contribution in [1.82, 2.24) is 0 Å². The van der Waals surface area contributed by atoms with Gasteiger partial charge in [0.15, 0.2) is 0 Å². The molecule has 5 heteroatoms. The fourth-order valence-corrected chi connectivity index (χ4v) is 3.88. The number of aryl methyl sites for hydroxylation is 2. The number of anilines is 2. The highest BCUT2D eigenvalue weighted by molar-refractivity contribution is 6.46. The Morgan fingerprint density at radius 2 is 1.45 bits per heavy atom. The summed E-state index contributed by atoms with van der Waals surface area (Å²) in [5.41, 5.74) is 5.15. The molecular weight excluding hydrogens is 415 g/mol. The van der Waals surface area contributed by atoms with Crippen LogP contribution < -0.4 is 10.2 Å². The number of carbonyl (C=O) groups is 2. The lowest BCUT2D eigenvalue weighted by atomic mass is 9.87. The van der Waals surface area contributed by atoms with Gasteiger partial charge in [-0.2, -0.15) is 0 Å². The SMILES string of the molecule is Cc1ccc(C)c(NC2=C(c3ccc(F)cc3)C(=O)N(c3ccc(C(C)(C)C)cc3)C2=O)c1. The molecule has 4 nitrogen and oxygen atoms in total. The van der Waals surface area contributed by atoms with E-state index in [4.69, 9.17) is 0 Å². The standard InChI is InChI=1S/C28H27FN2O2/c1-17-6-7-18(2)23(16-17)30-25-24(19-8-12-21(29)13-9-19)26(32)31(27(25)33)22-14-10-20(11-15-22)28(3,4)5/h6-16,30H,1-5H3. The zero-order chi connectivity index (χ0) is 23.9. The lowest BCUT2D eigenvalue weighted by Gasteiger charge is -2.21. The molecule has 0 radical (unpaired) electrons. The van der Waals surface area contributed by atoms with Crippen LogP contribution in [0.2, 0.25) is 0 Å². The average Bonchev–Trinajstić information content (AvgIpc) is 3.00. The summed E-state index contributed by atoms with van der Waals surface area (Å²) in [5, 5.41) is 3.20. The fraction of sp³-hybridized carbons (Fsp3) is 0.214. The van der Waals surface area contributed by atoms with Crippen molar-refractivity contribution in [2.75, 3.05) is 10.2 Å². The molecule has 2 amide bonds. The van der Waals surface area contributed by atoms with Gasteiger partial charge in [0.1, 0.15) is 11.5 Å². The number of carbonyl (C=O) groups excluding carboxylic acids is 2. The second-order valence-corrected chi connectivity index (χ2v) is 9.44. The van der Waals surface area contributed by atoms with Gasteiger partial charge in [0.25, 0.3) is 11.8 Å². The molecule has 0 saturated carbocycles. The quantitative estimate of drug-likeness (QED) is 0.494. The molecule has 0 aromatic heterocycles. The summed E-state index contributed by atoms with van der Waals surface area (Å²) in [6.07, 6.45) is 0. The van der Waals surface area contributed by atoms with Crippen molar-refractivity contribution in [1.29, 1.82) is 0 Å². The number of rotatable bonds is 4. The lowest BCUT2D eigenvalue weighted by molar-refractivity contribution is -0.120. The van der Waals surface area contributed by atoms with Crippen molar-refractivity contribution < 1.29 is 14.0 Å². The number of hydrogen-bond donors (Lipinski definition) is 1.